The van der Waals surface area contributed by atoms with Crippen LogP contribution < -0.4 is 5.32 Å². The highest BCUT2D eigenvalue weighted by Crippen LogP contribution is 2.32. The molecule has 118 valence electrons. The van der Waals surface area contributed by atoms with Gasteiger partial charge in [0.2, 0.25) is 5.91 Å². The van der Waals surface area contributed by atoms with Gasteiger partial charge in [-0.25, -0.2) is 0 Å². The van der Waals surface area contributed by atoms with E-state index in [1.165, 1.54) is 29.9 Å². The molecule has 0 aliphatic heterocycles. The number of nitrogens with one attached hydrogen (secondary N) is 1. The second kappa shape index (κ2) is 6.68. The molecule has 3 aromatic heterocycles. The number of furan rings is 2. The molecule has 3 rings (SSSR count). The molecule has 0 radical (unpaired) electrons. The van der Waals surface area contributed by atoms with Gasteiger partial charge in [0.05, 0.1) is 19.1 Å². The lowest BCUT2D eigenvalue weighted by atomic mass is 9.98. The van der Waals surface area contributed by atoms with Crippen molar-refractivity contribution in [2.45, 2.75) is 5.60 Å². The Morgan fingerprint density at radius 2 is 2.04 bits per heavy atom. The lowest BCUT2D eigenvalue weighted by molar-refractivity contribution is -0.117. The minimum Gasteiger partial charge on any atom is -0.466 e. The highest BCUT2D eigenvalue weighted by molar-refractivity contribution is 7.10. The molecule has 0 spiro atoms. The molecule has 0 bridgehead atoms. The van der Waals surface area contributed by atoms with Crippen molar-refractivity contribution >= 4 is 23.3 Å². The van der Waals surface area contributed by atoms with Crippen LogP contribution in [-0.4, -0.2) is 17.6 Å². The Kier molecular flexibility index (Phi) is 4.45. The standard InChI is InChI=1S/C17H15NO4S/c19-16(8-7-13-4-1-9-21-13)18-12-17(20,14-5-2-10-22-14)15-6-3-11-23-15/h1-11,20H,12H2,(H,18,19)/b8-7+/t17-/m1/s1. The van der Waals surface area contributed by atoms with Gasteiger partial charge in [-0.1, -0.05) is 6.07 Å². The number of aliphatic hydroxyl groups is 1. The van der Waals surface area contributed by atoms with Gasteiger partial charge in [-0.05, 0) is 41.8 Å². The van der Waals surface area contributed by atoms with Gasteiger partial charge < -0.3 is 19.3 Å². The van der Waals surface area contributed by atoms with E-state index in [0.717, 1.165) is 0 Å². The second-order valence-electron chi connectivity index (χ2n) is 4.88. The van der Waals surface area contributed by atoms with Crippen LogP contribution in [-0.2, 0) is 10.4 Å². The fourth-order valence-corrected chi connectivity index (χ4v) is 2.97. The summed E-state index contributed by atoms with van der Waals surface area (Å²) in [4.78, 5) is 12.6. The van der Waals surface area contributed by atoms with Gasteiger partial charge in [0.15, 0.2) is 5.60 Å². The summed E-state index contributed by atoms with van der Waals surface area (Å²) in [6.07, 6.45) is 5.94. The first-order valence-electron chi connectivity index (χ1n) is 6.98. The molecule has 2 N–H and O–H groups in total. The molecule has 0 unspecified atom stereocenters. The van der Waals surface area contributed by atoms with Crippen molar-refractivity contribution in [2.75, 3.05) is 6.54 Å². The van der Waals surface area contributed by atoms with Crippen molar-refractivity contribution in [3.05, 3.63) is 76.8 Å². The summed E-state index contributed by atoms with van der Waals surface area (Å²) in [6.45, 7) is 0.00234. The first-order chi connectivity index (χ1) is 11.2. The molecule has 1 amide bonds. The van der Waals surface area contributed by atoms with Crippen LogP contribution in [0.15, 0.2) is 69.2 Å². The van der Waals surface area contributed by atoms with Crippen LogP contribution in [0.3, 0.4) is 0 Å². The number of hydrogen-bond donors (Lipinski definition) is 2. The van der Waals surface area contributed by atoms with Crippen LogP contribution in [0.5, 0.6) is 0 Å². The second-order valence-corrected chi connectivity index (χ2v) is 5.83. The molecule has 1 atom stereocenters. The summed E-state index contributed by atoms with van der Waals surface area (Å²) in [5.41, 5.74) is -1.40. The van der Waals surface area contributed by atoms with Crippen LogP contribution >= 0.6 is 11.3 Å². The predicted molar refractivity (Wildman–Crippen MR) is 86.8 cm³/mol. The van der Waals surface area contributed by atoms with Gasteiger partial charge in [0, 0.05) is 11.0 Å². The summed E-state index contributed by atoms with van der Waals surface area (Å²) in [6, 6.07) is 10.5. The van der Waals surface area contributed by atoms with Gasteiger partial charge in [0.1, 0.15) is 11.5 Å². The van der Waals surface area contributed by atoms with Crippen molar-refractivity contribution in [1.29, 1.82) is 0 Å². The molecule has 0 aliphatic rings. The number of carbonyl (C=O) groups is 1. The Labute approximate surface area is 136 Å². The molecule has 0 saturated heterocycles. The molecule has 6 heteroatoms. The Hall–Kier alpha value is -2.57. The molecule has 3 aromatic rings. The minimum absolute atomic E-state index is 0.00234. The maximum atomic E-state index is 11.9. The third kappa shape index (κ3) is 3.44. The van der Waals surface area contributed by atoms with E-state index >= 15 is 0 Å². The topological polar surface area (TPSA) is 75.6 Å². The van der Waals surface area contributed by atoms with Gasteiger partial charge in [-0.2, -0.15) is 0 Å². The van der Waals surface area contributed by atoms with E-state index in [1.807, 2.05) is 11.4 Å². The Morgan fingerprint density at radius 1 is 1.22 bits per heavy atom. The van der Waals surface area contributed by atoms with Crippen molar-refractivity contribution < 1.29 is 18.7 Å². The van der Waals surface area contributed by atoms with Crippen molar-refractivity contribution in [1.82, 2.24) is 5.32 Å². The van der Waals surface area contributed by atoms with E-state index in [2.05, 4.69) is 5.32 Å². The molecule has 0 aliphatic carbocycles. The van der Waals surface area contributed by atoms with E-state index in [9.17, 15) is 9.90 Å². The fraction of sp³-hybridized carbons (Fsp3) is 0.118. The van der Waals surface area contributed by atoms with Gasteiger partial charge in [0.25, 0.3) is 0 Å². The molecule has 23 heavy (non-hydrogen) atoms. The smallest absolute Gasteiger partial charge is 0.244 e. The third-order valence-corrected chi connectivity index (χ3v) is 4.34. The third-order valence-electron chi connectivity index (χ3n) is 3.32. The molecular formula is C17H15NO4S. The van der Waals surface area contributed by atoms with Crippen LogP contribution in [0.25, 0.3) is 6.08 Å². The SMILES string of the molecule is O=C(/C=C/c1ccco1)NC[C@@](O)(c1ccco1)c1cccs1. The van der Waals surface area contributed by atoms with E-state index in [0.29, 0.717) is 16.4 Å². The predicted octanol–water partition coefficient (Wildman–Crippen LogP) is 3.00. The van der Waals surface area contributed by atoms with Crippen molar-refractivity contribution in [3.8, 4) is 0 Å². The molecule has 0 saturated carbocycles. The highest BCUT2D eigenvalue weighted by atomic mass is 32.1. The summed E-state index contributed by atoms with van der Waals surface area (Å²) < 4.78 is 10.5. The van der Waals surface area contributed by atoms with Crippen LogP contribution in [0, 0.1) is 0 Å². The minimum atomic E-state index is -1.40. The first kappa shape index (κ1) is 15.3. The lowest BCUT2D eigenvalue weighted by Gasteiger charge is -2.24. The largest absolute Gasteiger partial charge is 0.466 e. The quantitative estimate of drug-likeness (QED) is 0.682. The number of thiophene rings is 1. The van der Waals surface area contributed by atoms with E-state index in [-0.39, 0.29) is 12.5 Å². The summed E-state index contributed by atoms with van der Waals surface area (Å²) in [5.74, 6) is 0.637. The van der Waals surface area contributed by atoms with Crippen LogP contribution in [0.4, 0.5) is 0 Å². The maximum absolute atomic E-state index is 11.9. The Morgan fingerprint density at radius 3 is 2.70 bits per heavy atom. The summed E-state index contributed by atoms with van der Waals surface area (Å²) in [7, 11) is 0. The Bertz CT molecular complexity index is 724. The fourth-order valence-electron chi connectivity index (χ4n) is 2.14. The zero-order chi connectivity index (χ0) is 16.1. The van der Waals surface area contributed by atoms with Crippen molar-refractivity contribution in [2.24, 2.45) is 0 Å². The van der Waals surface area contributed by atoms with E-state index in [1.54, 1.807) is 36.4 Å². The van der Waals surface area contributed by atoms with Gasteiger partial charge >= 0.3 is 0 Å². The molecular weight excluding hydrogens is 314 g/mol. The molecule has 0 aromatic carbocycles. The van der Waals surface area contributed by atoms with Crippen LogP contribution in [0.1, 0.15) is 16.4 Å². The molecule has 0 fully saturated rings. The Balaban J connectivity index is 1.71. The molecule has 3 heterocycles. The summed E-state index contributed by atoms with van der Waals surface area (Å²) in [5, 5.41) is 15.5. The number of hydrogen-bond acceptors (Lipinski definition) is 5. The van der Waals surface area contributed by atoms with E-state index < -0.39 is 5.60 Å². The number of carbonyl (C=O) groups excluding carboxylic acids is 1. The number of rotatable bonds is 6. The van der Waals surface area contributed by atoms with Gasteiger partial charge in [-0.15, -0.1) is 11.3 Å². The zero-order valence-corrected chi connectivity index (χ0v) is 13.0. The summed E-state index contributed by atoms with van der Waals surface area (Å²) >= 11 is 1.40. The normalized spacial score (nSPS) is 14.0. The maximum Gasteiger partial charge on any atom is 0.244 e. The van der Waals surface area contributed by atoms with Crippen LogP contribution in [0.2, 0.25) is 0 Å². The van der Waals surface area contributed by atoms with Gasteiger partial charge in [-0.3, -0.25) is 4.79 Å². The zero-order valence-electron chi connectivity index (χ0n) is 12.1. The first-order valence-corrected chi connectivity index (χ1v) is 7.86. The monoisotopic (exact) mass is 329 g/mol. The average molecular weight is 329 g/mol. The highest BCUT2D eigenvalue weighted by Gasteiger charge is 2.35. The molecule has 5 nitrogen and oxygen atoms in total. The van der Waals surface area contributed by atoms with E-state index in [4.69, 9.17) is 8.83 Å². The average Bonchev–Trinajstić information content (AvgIpc) is 3.33. The lowest BCUT2D eigenvalue weighted by Crippen LogP contribution is -2.40. The number of amides is 1. The van der Waals surface area contributed by atoms with Crippen molar-refractivity contribution in [3.63, 3.8) is 0 Å².